The number of carbonyl (C=O) groups is 1. The normalized spacial score (nSPS) is 15.9. The topological polar surface area (TPSA) is 137 Å². The van der Waals surface area contributed by atoms with Gasteiger partial charge in [-0.3, -0.25) is 4.79 Å². The minimum absolute atomic E-state index is 0.0273. The molecule has 4 N–H and O–H groups in total. The van der Waals surface area contributed by atoms with E-state index in [4.69, 9.17) is 11.6 Å². The first-order chi connectivity index (χ1) is 29.2. The Morgan fingerprint density at radius 1 is 0.820 bits per heavy atom. The highest BCUT2D eigenvalue weighted by Crippen LogP contribution is 2.37. The van der Waals surface area contributed by atoms with Gasteiger partial charge in [-0.1, -0.05) is 53.9 Å². The number of hydrogen-bond donors (Lipinski definition) is 4. The number of likely N-dealkylation sites (tertiary alicyclic amines) is 1. The SMILES string of the molecule is O=C(NS(=O)(=O)c1ccc(N[C@H](CCN2CCCC2)CSc2ccccc2)c(S(=O)(=O)C(F)(F)F)c1)c1ccc(NCCNCC2=C(c3ccc(Cl)cc3)CCCCC2)cc1. The molecule has 4 aromatic carbocycles. The van der Waals surface area contributed by atoms with Crippen molar-refractivity contribution in [3.05, 3.63) is 119 Å². The van der Waals surface area contributed by atoms with E-state index in [2.05, 4.69) is 33.0 Å². The molecule has 0 unspecified atom stereocenters. The number of halogens is 4. The smallest absolute Gasteiger partial charge is 0.384 e. The first kappa shape index (κ1) is 46.4. The van der Waals surface area contributed by atoms with E-state index in [0.29, 0.717) is 48.6 Å². The van der Waals surface area contributed by atoms with E-state index >= 15 is 0 Å². The van der Waals surface area contributed by atoms with Crippen molar-refractivity contribution in [2.45, 2.75) is 77.6 Å². The van der Waals surface area contributed by atoms with Crippen LogP contribution in [-0.2, 0) is 19.9 Å². The number of sulfone groups is 1. The molecule has 4 aromatic rings. The average molecular weight is 919 g/mol. The first-order valence-corrected chi connectivity index (χ1v) is 24.7. The summed E-state index contributed by atoms with van der Waals surface area (Å²) in [5, 5.41) is 10.5. The van der Waals surface area contributed by atoms with Crippen molar-refractivity contribution < 1.29 is 34.8 Å². The third-order valence-corrected chi connectivity index (χ3v) is 15.1. The van der Waals surface area contributed by atoms with Crippen molar-refractivity contribution in [2.75, 3.05) is 55.7 Å². The van der Waals surface area contributed by atoms with Crippen LogP contribution in [0.2, 0.25) is 5.02 Å². The van der Waals surface area contributed by atoms with Crippen molar-refractivity contribution in [1.29, 1.82) is 0 Å². The van der Waals surface area contributed by atoms with Crippen molar-refractivity contribution in [3.8, 4) is 0 Å². The lowest BCUT2D eigenvalue weighted by Gasteiger charge is -2.25. The van der Waals surface area contributed by atoms with E-state index in [0.717, 1.165) is 75.2 Å². The Kier molecular flexibility index (Phi) is 16.3. The number of thioether (sulfide) groups is 1. The molecule has 1 aliphatic heterocycles. The number of allylic oxidation sites excluding steroid dienone is 1. The Balaban J connectivity index is 1.09. The molecule has 1 aliphatic carbocycles. The summed E-state index contributed by atoms with van der Waals surface area (Å²) in [4.78, 5) is 14.3. The summed E-state index contributed by atoms with van der Waals surface area (Å²) in [7, 11) is -10.8. The van der Waals surface area contributed by atoms with Gasteiger partial charge in [-0.25, -0.2) is 21.6 Å². The minimum Gasteiger partial charge on any atom is -0.384 e. The van der Waals surface area contributed by atoms with Gasteiger partial charge in [0.15, 0.2) is 0 Å². The second-order valence-electron chi connectivity index (χ2n) is 15.2. The molecule has 61 heavy (non-hydrogen) atoms. The molecule has 10 nitrogen and oxygen atoms in total. The number of nitrogens with zero attached hydrogens (tertiary/aromatic N) is 1. The van der Waals surface area contributed by atoms with Gasteiger partial charge in [-0.15, -0.1) is 11.8 Å². The van der Waals surface area contributed by atoms with E-state index < -0.39 is 47.1 Å². The van der Waals surface area contributed by atoms with Crippen LogP contribution in [0.1, 0.15) is 67.3 Å². The Morgan fingerprint density at radius 3 is 2.23 bits per heavy atom. The fourth-order valence-electron chi connectivity index (χ4n) is 7.46. The lowest BCUT2D eigenvalue weighted by molar-refractivity contribution is -0.0435. The molecule has 17 heteroatoms. The van der Waals surface area contributed by atoms with Gasteiger partial charge in [0.2, 0.25) is 0 Å². The summed E-state index contributed by atoms with van der Waals surface area (Å²) < 4.78 is 96.9. The quantitative estimate of drug-likeness (QED) is 0.0533. The fraction of sp³-hybridized carbons (Fsp3) is 0.386. The summed E-state index contributed by atoms with van der Waals surface area (Å²) in [6, 6.07) is 25.4. The zero-order chi connectivity index (χ0) is 43.5. The van der Waals surface area contributed by atoms with Crippen molar-refractivity contribution in [2.24, 2.45) is 0 Å². The fourth-order valence-corrected chi connectivity index (χ4v) is 10.6. The number of benzene rings is 4. The maximum absolute atomic E-state index is 14.1. The zero-order valence-electron chi connectivity index (χ0n) is 33.6. The lowest BCUT2D eigenvalue weighted by atomic mass is 9.96. The summed E-state index contributed by atoms with van der Waals surface area (Å²) in [5.74, 6) is -0.640. The summed E-state index contributed by atoms with van der Waals surface area (Å²) >= 11 is 7.58. The highest BCUT2D eigenvalue weighted by atomic mass is 35.5. The van der Waals surface area contributed by atoms with Gasteiger partial charge in [-0.05, 0) is 136 Å². The summed E-state index contributed by atoms with van der Waals surface area (Å²) in [5.41, 5.74) is -1.50. The zero-order valence-corrected chi connectivity index (χ0v) is 36.9. The van der Waals surface area contributed by atoms with Crippen molar-refractivity contribution in [1.82, 2.24) is 14.9 Å². The van der Waals surface area contributed by atoms with E-state index in [1.807, 2.05) is 47.2 Å². The standard InChI is InChI=1S/C44H51ClF3N5O5S3/c45-35-17-13-32(14-18-35)40-12-6-1-3-9-34(40)30-49-24-25-50-36-19-15-33(16-20-36)43(54)52-61(57,58)39-21-22-41(42(29-39)60(55,56)44(46,47)48)51-37(23-28-53-26-7-8-27-53)31-59-38-10-4-2-5-11-38/h2,4-5,10-11,13-22,29,37,49-51H,1,3,6-9,12,23-28,30-31H2,(H,52,54)/t37-/m1/s1. The van der Waals surface area contributed by atoms with E-state index in [9.17, 15) is 34.8 Å². The van der Waals surface area contributed by atoms with Gasteiger partial charge in [-0.2, -0.15) is 13.2 Å². The van der Waals surface area contributed by atoms with Crippen LogP contribution in [0.25, 0.3) is 5.57 Å². The molecule has 1 amide bonds. The van der Waals surface area contributed by atoms with Crippen molar-refractivity contribution >= 4 is 66.1 Å². The molecule has 2 aliphatic rings. The maximum Gasteiger partial charge on any atom is 0.501 e. The van der Waals surface area contributed by atoms with Crippen molar-refractivity contribution in [3.63, 3.8) is 0 Å². The molecule has 1 heterocycles. The van der Waals surface area contributed by atoms with Gasteiger partial charge in [0.1, 0.15) is 4.90 Å². The molecule has 1 atom stereocenters. The molecule has 0 spiro atoms. The van der Waals surface area contributed by atoms with Gasteiger partial charge in [0.05, 0.1) is 10.6 Å². The second kappa shape index (κ2) is 21.3. The molecule has 1 saturated heterocycles. The monoisotopic (exact) mass is 917 g/mol. The molecule has 0 aromatic heterocycles. The number of alkyl halides is 3. The van der Waals surface area contributed by atoms with Gasteiger partial charge in [0, 0.05) is 59.1 Å². The largest absolute Gasteiger partial charge is 0.501 e. The highest BCUT2D eigenvalue weighted by Gasteiger charge is 2.48. The number of rotatable bonds is 19. The molecule has 328 valence electrons. The lowest BCUT2D eigenvalue weighted by Crippen LogP contribution is -2.32. The number of sulfonamides is 1. The predicted octanol–water partition coefficient (Wildman–Crippen LogP) is 9.23. The third kappa shape index (κ3) is 13.0. The van der Waals surface area contributed by atoms with E-state index in [1.165, 1.54) is 47.0 Å². The minimum atomic E-state index is -6.03. The molecule has 0 radical (unpaired) electrons. The van der Waals surface area contributed by atoms with Crippen LogP contribution in [0, 0.1) is 0 Å². The van der Waals surface area contributed by atoms with Crippen LogP contribution in [0.15, 0.2) is 117 Å². The number of nitrogens with one attached hydrogen (secondary N) is 4. The van der Waals surface area contributed by atoms with Gasteiger partial charge >= 0.3 is 5.51 Å². The predicted molar refractivity (Wildman–Crippen MR) is 238 cm³/mol. The molecule has 0 saturated carbocycles. The Bertz CT molecular complexity index is 2340. The van der Waals surface area contributed by atoms with Crippen LogP contribution in [-0.4, -0.2) is 84.2 Å². The molecular weight excluding hydrogens is 867 g/mol. The maximum atomic E-state index is 14.1. The van der Waals surface area contributed by atoms with E-state index in [-0.39, 0.29) is 11.3 Å². The van der Waals surface area contributed by atoms with Crippen LogP contribution in [0.5, 0.6) is 0 Å². The van der Waals surface area contributed by atoms with Crippen LogP contribution < -0.4 is 20.7 Å². The number of amides is 1. The third-order valence-electron chi connectivity index (χ3n) is 10.8. The van der Waals surface area contributed by atoms with Crippen LogP contribution >= 0.6 is 23.4 Å². The summed E-state index contributed by atoms with van der Waals surface area (Å²) in [6.07, 6.45) is 8.13. The second-order valence-corrected chi connectivity index (χ2v) is 20.3. The molecular formula is C44H51ClF3N5O5S3. The molecule has 0 bridgehead atoms. The molecule has 6 rings (SSSR count). The van der Waals surface area contributed by atoms with Crippen LogP contribution in [0.3, 0.4) is 0 Å². The Hall–Kier alpha value is -4.06. The van der Waals surface area contributed by atoms with Gasteiger partial charge < -0.3 is 20.9 Å². The summed E-state index contributed by atoms with van der Waals surface area (Å²) in [6.45, 7) is 4.43. The van der Waals surface area contributed by atoms with Crippen LogP contribution in [0.4, 0.5) is 24.5 Å². The highest BCUT2D eigenvalue weighted by molar-refractivity contribution is 7.99. The van der Waals surface area contributed by atoms with Gasteiger partial charge in [0.25, 0.3) is 25.8 Å². The first-order valence-electron chi connectivity index (χ1n) is 20.4. The van der Waals surface area contributed by atoms with E-state index in [1.54, 1.807) is 12.1 Å². The molecule has 1 fully saturated rings. The number of anilines is 2. The number of hydrogen-bond acceptors (Lipinski definition) is 10. The number of carbonyl (C=O) groups excluding carboxylic acids is 1. The Morgan fingerprint density at radius 2 is 1.52 bits per heavy atom. The Labute approximate surface area is 366 Å². The average Bonchev–Trinajstić information content (AvgIpc) is 3.66.